The van der Waals surface area contributed by atoms with Crippen LogP contribution in [0.15, 0.2) is 36.4 Å². The lowest BCUT2D eigenvalue weighted by molar-refractivity contribution is -0.117. The van der Waals surface area contributed by atoms with E-state index in [-0.39, 0.29) is 30.0 Å². The quantitative estimate of drug-likeness (QED) is 0.917. The van der Waals surface area contributed by atoms with E-state index in [2.05, 4.69) is 5.32 Å². The van der Waals surface area contributed by atoms with E-state index in [9.17, 15) is 14.0 Å². The number of benzene rings is 2. The standard InChI is InChI=1S/C19H19FN2O2/c1-11-4-7-17(20)16(8-11)15-10-19(24)21-18-9-13(5-6-14(15)18)22(3)12(2)23/h4-9,15H,10H2,1-3H3,(H,21,24)/t15-/m1/s1. The number of halogens is 1. The van der Waals surface area contributed by atoms with Gasteiger partial charge in [-0.2, -0.15) is 0 Å². The lowest BCUT2D eigenvalue weighted by Crippen LogP contribution is -2.26. The van der Waals surface area contributed by atoms with Crippen molar-refractivity contribution in [2.24, 2.45) is 0 Å². The van der Waals surface area contributed by atoms with Crippen molar-refractivity contribution in [1.29, 1.82) is 0 Å². The second-order valence-corrected chi connectivity index (χ2v) is 6.18. The number of nitrogens with one attached hydrogen (secondary N) is 1. The predicted molar refractivity (Wildman–Crippen MR) is 91.8 cm³/mol. The maximum absolute atomic E-state index is 14.3. The number of hydrogen-bond donors (Lipinski definition) is 1. The number of carbonyl (C=O) groups excluding carboxylic acids is 2. The van der Waals surface area contributed by atoms with Gasteiger partial charge in [-0.05, 0) is 36.2 Å². The smallest absolute Gasteiger partial charge is 0.225 e. The summed E-state index contributed by atoms with van der Waals surface area (Å²) in [5.41, 5.74) is 3.65. The summed E-state index contributed by atoms with van der Waals surface area (Å²) in [6.07, 6.45) is 0.204. The Bertz CT molecular complexity index is 832. The van der Waals surface area contributed by atoms with Crippen LogP contribution in [-0.4, -0.2) is 18.9 Å². The zero-order valence-corrected chi connectivity index (χ0v) is 13.9. The molecular formula is C19H19FN2O2. The van der Waals surface area contributed by atoms with Gasteiger partial charge in [-0.25, -0.2) is 4.39 Å². The average molecular weight is 326 g/mol. The van der Waals surface area contributed by atoms with Gasteiger partial charge in [0.25, 0.3) is 0 Å². The molecule has 24 heavy (non-hydrogen) atoms. The summed E-state index contributed by atoms with van der Waals surface area (Å²) in [5.74, 6) is -0.893. The molecule has 2 amide bonds. The van der Waals surface area contributed by atoms with E-state index in [1.54, 1.807) is 25.2 Å². The van der Waals surface area contributed by atoms with Gasteiger partial charge in [-0.15, -0.1) is 0 Å². The third-order valence-electron chi connectivity index (χ3n) is 4.46. The number of hydrogen-bond acceptors (Lipinski definition) is 2. The molecule has 2 aromatic carbocycles. The highest BCUT2D eigenvalue weighted by Gasteiger charge is 2.29. The molecule has 0 saturated heterocycles. The summed E-state index contributed by atoms with van der Waals surface area (Å²) in [5, 5.41) is 2.83. The third-order valence-corrected chi connectivity index (χ3v) is 4.46. The summed E-state index contributed by atoms with van der Waals surface area (Å²) >= 11 is 0. The lowest BCUT2D eigenvalue weighted by Gasteiger charge is -2.28. The van der Waals surface area contributed by atoms with E-state index in [0.29, 0.717) is 16.9 Å². The molecule has 0 saturated carbocycles. The first kappa shape index (κ1) is 16.2. The van der Waals surface area contributed by atoms with E-state index in [1.807, 2.05) is 19.1 Å². The van der Waals surface area contributed by atoms with Crippen LogP contribution in [0, 0.1) is 12.7 Å². The highest BCUT2D eigenvalue weighted by atomic mass is 19.1. The number of nitrogens with zero attached hydrogens (tertiary/aromatic N) is 1. The summed E-state index contributed by atoms with van der Waals surface area (Å²) < 4.78 is 14.3. The molecule has 0 radical (unpaired) electrons. The Morgan fingerprint density at radius 2 is 1.96 bits per heavy atom. The number of amides is 2. The highest BCUT2D eigenvalue weighted by Crippen LogP contribution is 2.39. The topological polar surface area (TPSA) is 49.4 Å². The monoisotopic (exact) mass is 326 g/mol. The van der Waals surface area contributed by atoms with Crippen molar-refractivity contribution in [2.45, 2.75) is 26.2 Å². The first-order valence-corrected chi connectivity index (χ1v) is 7.81. The number of anilines is 2. The molecule has 1 heterocycles. The van der Waals surface area contributed by atoms with Gasteiger partial charge >= 0.3 is 0 Å². The molecule has 3 rings (SSSR count). The van der Waals surface area contributed by atoms with Gasteiger partial charge in [0.05, 0.1) is 0 Å². The fourth-order valence-electron chi connectivity index (χ4n) is 3.05. The van der Waals surface area contributed by atoms with Gasteiger partial charge in [0, 0.05) is 37.7 Å². The zero-order valence-electron chi connectivity index (χ0n) is 13.9. The average Bonchev–Trinajstić information content (AvgIpc) is 2.54. The Morgan fingerprint density at radius 3 is 2.67 bits per heavy atom. The Balaban J connectivity index is 2.09. The fraction of sp³-hybridized carbons (Fsp3) is 0.263. The molecule has 1 atom stereocenters. The molecule has 1 aliphatic heterocycles. The third kappa shape index (κ3) is 2.89. The van der Waals surface area contributed by atoms with Gasteiger partial charge in [-0.3, -0.25) is 9.59 Å². The van der Waals surface area contributed by atoms with Gasteiger partial charge in [0.15, 0.2) is 0 Å². The van der Waals surface area contributed by atoms with E-state index < -0.39 is 0 Å². The van der Waals surface area contributed by atoms with Crippen LogP contribution in [0.1, 0.15) is 36.0 Å². The number of rotatable bonds is 2. The maximum atomic E-state index is 14.3. The lowest BCUT2D eigenvalue weighted by atomic mass is 9.84. The Morgan fingerprint density at radius 1 is 1.21 bits per heavy atom. The molecule has 0 aliphatic carbocycles. The molecule has 2 aromatic rings. The largest absolute Gasteiger partial charge is 0.326 e. The fourth-order valence-corrected chi connectivity index (χ4v) is 3.05. The molecule has 4 nitrogen and oxygen atoms in total. The molecule has 0 fully saturated rings. The van der Waals surface area contributed by atoms with Gasteiger partial charge in [0.1, 0.15) is 5.82 Å². The number of carbonyl (C=O) groups is 2. The first-order chi connectivity index (χ1) is 11.4. The molecule has 124 valence electrons. The minimum absolute atomic E-state index is 0.0987. The van der Waals surface area contributed by atoms with E-state index in [1.165, 1.54) is 17.9 Å². The van der Waals surface area contributed by atoms with Crippen LogP contribution in [0.2, 0.25) is 0 Å². The molecular weight excluding hydrogens is 307 g/mol. The summed E-state index contributed by atoms with van der Waals surface area (Å²) in [7, 11) is 1.67. The van der Waals surface area contributed by atoms with Crippen LogP contribution in [-0.2, 0) is 9.59 Å². The van der Waals surface area contributed by atoms with Gasteiger partial charge in [0.2, 0.25) is 11.8 Å². The number of fused-ring (bicyclic) bond motifs is 1. The van der Waals surface area contributed by atoms with Crippen molar-refractivity contribution >= 4 is 23.2 Å². The summed E-state index contributed by atoms with van der Waals surface area (Å²) in [4.78, 5) is 25.1. The summed E-state index contributed by atoms with van der Waals surface area (Å²) in [6, 6.07) is 10.4. The van der Waals surface area contributed by atoms with Gasteiger partial charge in [-0.1, -0.05) is 23.8 Å². The maximum Gasteiger partial charge on any atom is 0.225 e. The predicted octanol–water partition coefficient (Wildman–Crippen LogP) is 3.59. The van der Waals surface area contributed by atoms with Gasteiger partial charge < -0.3 is 10.2 Å². The van der Waals surface area contributed by atoms with E-state index in [4.69, 9.17) is 0 Å². The Labute approximate surface area is 140 Å². The first-order valence-electron chi connectivity index (χ1n) is 7.81. The van der Waals surface area contributed by atoms with Crippen molar-refractivity contribution in [3.8, 4) is 0 Å². The Kier molecular flexibility index (Phi) is 4.09. The minimum Gasteiger partial charge on any atom is -0.326 e. The van der Waals surface area contributed by atoms with E-state index in [0.717, 1.165) is 11.1 Å². The molecule has 1 N–H and O–H groups in total. The summed E-state index contributed by atoms with van der Waals surface area (Å²) in [6.45, 7) is 3.38. The van der Waals surface area contributed by atoms with Crippen LogP contribution >= 0.6 is 0 Å². The normalized spacial score (nSPS) is 16.3. The zero-order chi connectivity index (χ0) is 17.4. The van der Waals surface area contributed by atoms with Crippen LogP contribution < -0.4 is 10.2 Å². The number of aryl methyl sites for hydroxylation is 1. The molecule has 0 spiro atoms. The molecule has 0 bridgehead atoms. The molecule has 1 aliphatic rings. The highest BCUT2D eigenvalue weighted by molar-refractivity contribution is 5.97. The van der Waals surface area contributed by atoms with Crippen LogP contribution in [0.4, 0.5) is 15.8 Å². The molecule has 5 heteroatoms. The minimum atomic E-state index is -0.328. The van der Waals surface area contributed by atoms with Crippen molar-refractivity contribution in [2.75, 3.05) is 17.3 Å². The second kappa shape index (κ2) is 6.07. The van der Waals surface area contributed by atoms with E-state index >= 15 is 0 Å². The SMILES string of the molecule is CC(=O)N(C)c1ccc2c(c1)NC(=O)C[C@H]2c1cc(C)ccc1F. The molecule has 0 unspecified atom stereocenters. The van der Waals surface area contributed by atoms with Crippen molar-refractivity contribution < 1.29 is 14.0 Å². The molecule has 0 aromatic heterocycles. The second-order valence-electron chi connectivity index (χ2n) is 6.18. The van der Waals surface area contributed by atoms with Crippen molar-refractivity contribution in [1.82, 2.24) is 0 Å². The van der Waals surface area contributed by atoms with Crippen molar-refractivity contribution in [3.63, 3.8) is 0 Å². The van der Waals surface area contributed by atoms with Crippen molar-refractivity contribution in [3.05, 3.63) is 58.9 Å². The van der Waals surface area contributed by atoms with Crippen LogP contribution in [0.5, 0.6) is 0 Å². The van der Waals surface area contributed by atoms with Crippen LogP contribution in [0.3, 0.4) is 0 Å². The van der Waals surface area contributed by atoms with Crippen LogP contribution in [0.25, 0.3) is 0 Å². The Hall–Kier alpha value is -2.69.